The van der Waals surface area contributed by atoms with Crippen LogP contribution in [0.2, 0.25) is 0 Å². The fraction of sp³-hybridized carbons (Fsp3) is 0.857. The molecule has 0 aliphatic carbocycles. The van der Waals surface area contributed by atoms with E-state index in [1.54, 1.807) is 16.8 Å². The molecule has 0 spiro atoms. The summed E-state index contributed by atoms with van der Waals surface area (Å²) in [5, 5.41) is 0. The van der Waals surface area contributed by atoms with E-state index in [1.807, 2.05) is 0 Å². The smallest absolute Gasteiger partial charge is 0.241 e. The van der Waals surface area contributed by atoms with Crippen molar-refractivity contribution in [1.82, 2.24) is 14.7 Å². The third kappa shape index (κ3) is 3.93. The predicted octanol–water partition coefficient (Wildman–Crippen LogP) is 0.409. The van der Waals surface area contributed by atoms with Gasteiger partial charge in [-0.3, -0.25) is 9.59 Å². The Labute approximate surface area is 115 Å². The maximum absolute atomic E-state index is 12.1. The largest absolute Gasteiger partial charge is 0.342 e. The predicted molar refractivity (Wildman–Crippen MR) is 73.7 cm³/mol. The van der Waals surface area contributed by atoms with Crippen LogP contribution in [0, 0.1) is 5.92 Å². The summed E-state index contributed by atoms with van der Waals surface area (Å²) in [6.07, 6.45) is 4.03. The first-order valence-electron chi connectivity index (χ1n) is 7.26. The highest BCUT2D eigenvalue weighted by Gasteiger charge is 2.25. The Morgan fingerprint density at radius 1 is 1.26 bits per heavy atom. The molecule has 2 fully saturated rings. The van der Waals surface area contributed by atoms with E-state index in [0.717, 1.165) is 13.0 Å². The van der Waals surface area contributed by atoms with Crippen molar-refractivity contribution < 1.29 is 9.59 Å². The first-order chi connectivity index (χ1) is 9.06. The van der Waals surface area contributed by atoms with Gasteiger partial charge < -0.3 is 14.7 Å². The highest BCUT2D eigenvalue weighted by molar-refractivity contribution is 5.85. The lowest BCUT2D eigenvalue weighted by molar-refractivity contribution is -0.144. The van der Waals surface area contributed by atoms with Crippen LogP contribution in [0.4, 0.5) is 0 Å². The number of carbonyl (C=O) groups excluding carboxylic acids is 2. The Hall–Kier alpha value is -1.10. The number of piperazine rings is 1. The number of amides is 2. The maximum atomic E-state index is 12.1. The molecule has 5 nitrogen and oxygen atoms in total. The first-order valence-corrected chi connectivity index (χ1v) is 7.26. The van der Waals surface area contributed by atoms with Crippen LogP contribution in [0.5, 0.6) is 0 Å². The second-order valence-corrected chi connectivity index (χ2v) is 5.94. The fourth-order valence-corrected chi connectivity index (χ4v) is 2.97. The van der Waals surface area contributed by atoms with E-state index in [1.165, 1.54) is 19.4 Å². The van der Waals surface area contributed by atoms with E-state index in [-0.39, 0.29) is 18.4 Å². The number of rotatable bonds is 3. The van der Waals surface area contributed by atoms with E-state index >= 15 is 0 Å². The molecule has 0 bridgehead atoms. The lowest BCUT2D eigenvalue weighted by Gasteiger charge is -2.33. The minimum atomic E-state index is 0.0528. The Bertz CT molecular complexity index is 346. The van der Waals surface area contributed by atoms with Crippen molar-refractivity contribution in [2.45, 2.75) is 25.7 Å². The molecule has 0 unspecified atom stereocenters. The molecule has 2 aliphatic heterocycles. The van der Waals surface area contributed by atoms with E-state index in [0.29, 0.717) is 25.4 Å². The van der Waals surface area contributed by atoms with Gasteiger partial charge in [0.05, 0.1) is 6.54 Å². The molecule has 0 saturated carbocycles. The summed E-state index contributed by atoms with van der Waals surface area (Å²) in [4.78, 5) is 29.5. The summed E-state index contributed by atoms with van der Waals surface area (Å²) in [7, 11) is 3.94. The van der Waals surface area contributed by atoms with Crippen LogP contribution in [0.15, 0.2) is 0 Å². The SMILES string of the molecule is CN1CCC[C@@H](CCC(=O)N2CCN(C)C(=O)C2)C1. The van der Waals surface area contributed by atoms with Gasteiger partial charge in [0.15, 0.2) is 0 Å². The average molecular weight is 267 g/mol. The van der Waals surface area contributed by atoms with E-state index in [2.05, 4.69) is 11.9 Å². The molecule has 2 aliphatic rings. The number of carbonyl (C=O) groups is 2. The molecular formula is C14H25N3O2. The van der Waals surface area contributed by atoms with Crippen molar-refractivity contribution in [3.05, 3.63) is 0 Å². The third-order valence-electron chi connectivity index (χ3n) is 4.30. The van der Waals surface area contributed by atoms with Gasteiger partial charge in [-0.15, -0.1) is 0 Å². The van der Waals surface area contributed by atoms with Crippen LogP contribution in [-0.2, 0) is 9.59 Å². The van der Waals surface area contributed by atoms with E-state index in [4.69, 9.17) is 0 Å². The third-order valence-corrected chi connectivity index (χ3v) is 4.30. The minimum Gasteiger partial charge on any atom is -0.342 e. The monoisotopic (exact) mass is 267 g/mol. The molecular weight excluding hydrogens is 242 g/mol. The van der Waals surface area contributed by atoms with Crippen LogP contribution in [0.3, 0.4) is 0 Å². The van der Waals surface area contributed by atoms with Gasteiger partial charge in [-0.05, 0) is 38.8 Å². The highest BCUT2D eigenvalue weighted by atomic mass is 16.2. The number of piperidine rings is 1. The van der Waals surface area contributed by atoms with Gasteiger partial charge in [0, 0.05) is 33.1 Å². The van der Waals surface area contributed by atoms with Crippen LogP contribution in [-0.4, -0.2) is 73.3 Å². The summed E-state index contributed by atoms with van der Waals surface area (Å²) in [5.41, 5.74) is 0. The van der Waals surface area contributed by atoms with Crippen LogP contribution >= 0.6 is 0 Å². The summed E-state index contributed by atoms with van der Waals surface area (Å²) in [6.45, 7) is 3.90. The molecule has 19 heavy (non-hydrogen) atoms. The molecule has 5 heteroatoms. The number of hydrogen-bond donors (Lipinski definition) is 0. The van der Waals surface area contributed by atoms with Crippen molar-refractivity contribution in [2.75, 3.05) is 46.8 Å². The minimum absolute atomic E-state index is 0.0528. The van der Waals surface area contributed by atoms with Gasteiger partial charge in [-0.2, -0.15) is 0 Å². The first kappa shape index (κ1) is 14.3. The second kappa shape index (κ2) is 6.37. The molecule has 0 aromatic heterocycles. The van der Waals surface area contributed by atoms with Crippen molar-refractivity contribution >= 4 is 11.8 Å². The molecule has 0 aromatic rings. The number of hydrogen-bond acceptors (Lipinski definition) is 3. The second-order valence-electron chi connectivity index (χ2n) is 5.94. The average Bonchev–Trinajstić information content (AvgIpc) is 2.39. The van der Waals surface area contributed by atoms with Gasteiger partial charge in [-0.25, -0.2) is 0 Å². The molecule has 2 heterocycles. The summed E-state index contributed by atoms with van der Waals surface area (Å²) < 4.78 is 0. The van der Waals surface area contributed by atoms with Crippen molar-refractivity contribution in [1.29, 1.82) is 0 Å². The zero-order valence-corrected chi connectivity index (χ0v) is 12.1. The molecule has 108 valence electrons. The fourth-order valence-electron chi connectivity index (χ4n) is 2.97. The Morgan fingerprint density at radius 2 is 2.05 bits per heavy atom. The summed E-state index contributed by atoms with van der Waals surface area (Å²) >= 11 is 0. The maximum Gasteiger partial charge on any atom is 0.241 e. The Balaban J connectivity index is 1.73. The van der Waals surface area contributed by atoms with Gasteiger partial charge >= 0.3 is 0 Å². The molecule has 2 amide bonds. The lowest BCUT2D eigenvalue weighted by atomic mass is 9.93. The normalized spacial score (nSPS) is 25.8. The number of likely N-dealkylation sites (tertiary alicyclic amines) is 1. The van der Waals surface area contributed by atoms with Crippen LogP contribution < -0.4 is 0 Å². The molecule has 0 radical (unpaired) electrons. The molecule has 0 aromatic carbocycles. The molecule has 1 atom stereocenters. The highest BCUT2D eigenvalue weighted by Crippen LogP contribution is 2.20. The zero-order valence-electron chi connectivity index (χ0n) is 12.1. The van der Waals surface area contributed by atoms with Gasteiger partial charge in [0.25, 0.3) is 0 Å². The summed E-state index contributed by atoms with van der Waals surface area (Å²) in [5.74, 6) is 0.845. The van der Waals surface area contributed by atoms with Gasteiger partial charge in [-0.1, -0.05) is 0 Å². The van der Waals surface area contributed by atoms with Crippen LogP contribution in [0.1, 0.15) is 25.7 Å². The quantitative estimate of drug-likeness (QED) is 0.744. The van der Waals surface area contributed by atoms with Crippen molar-refractivity contribution in [3.63, 3.8) is 0 Å². The van der Waals surface area contributed by atoms with Crippen LogP contribution in [0.25, 0.3) is 0 Å². The molecule has 2 rings (SSSR count). The standard InChI is InChI=1S/C14H25N3O2/c1-15-7-3-4-12(10-15)5-6-13(18)17-9-8-16(2)14(19)11-17/h12H,3-11H2,1-2H3/t12-/m0/s1. The topological polar surface area (TPSA) is 43.9 Å². The number of nitrogens with zero attached hydrogens (tertiary/aromatic N) is 3. The van der Waals surface area contributed by atoms with Crippen molar-refractivity contribution in [2.24, 2.45) is 5.92 Å². The Morgan fingerprint density at radius 3 is 2.74 bits per heavy atom. The Kier molecular flexibility index (Phi) is 4.80. The zero-order chi connectivity index (χ0) is 13.8. The van der Waals surface area contributed by atoms with Crippen molar-refractivity contribution in [3.8, 4) is 0 Å². The lowest BCUT2D eigenvalue weighted by Crippen LogP contribution is -2.50. The molecule has 2 saturated heterocycles. The van der Waals surface area contributed by atoms with Gasteiger partial charge in [0.2, 0.25) is 11.8 Å². The van der Waals surface area contributed by atoms with E-state index < -0.39 is 0 Å². The van der Waals surface area contributed by atoms with E-state index in [9.17, 15) is 9.59 Å². The van der Waals surface area contributed by atoms with Gasteiger partial charge in [0.1, 0.15) is 0 Å². The summed E-state index contributed by atoms with van der Waals surface area (Å²) in [6, 6.07) is 0. The molecule has 0 N–H and O–H groups in total. The number of likely N-dealkylation sites (N-methyl/N-ethyl adjacent to an activating group) is 1.